The van der Waals surface area contributed by atoms with Crippen molar-refractivity contribution in [2.75, 3.05) is 32.7 Å². The summed E-state index contributed by atoms with van der Waals surface area (Å²) in [6, 6.07) is 0. The summed E-state index contributed by atoms with van der Waals surface area (Å²) in [5.41, 5.74) is 0.883. The Morgan fingerprint density at radius 2 is 1.96 bits per heavy atom. The zero-order valence-electron chi connectivity index (χ0n) is 15.5. The Balaban J connectivity index is 1.41. The molecule has 0 bridgehead atoms. The van der Waals surface area contributed by atoms with Gasteiger partial charge >= 0.3 is 0 Å². The zero-order chi connectivity index (χ0) is 17.8. The molecule has 0 aliphatic carbocycles. The summed E-state index contributed by atoms with van der Waals surface area (Å²) < 4.78 is 0. The predicted molar refractivity (Wildman–Crippen MR) is 101 cm³/mol. The van der Waals surface area contributed by atoms with Gasteiger partial charge in [0.05, 0.1) is 23.2 Å². The first-order chi connectivity index (χ1) is 12.0. The van der Waals surface area contributed by atoms with Gasteiger partial charge in [-0.15, -0.1) is 11.3 Å². The standard InChI is InChI=1S/C19H31N3O2S/c1-14-3-7-21(8-4-14)12-18(23)16-5-9-22(10-6-16)19(24)11-17-13-25-15(2)20-17/h13-14,16,18,23H,3-12H2,1-2H3. The summed E-state index contributed by atoms with van der Waals surface area (Å²) in [7, 11) is 0. The van der Waals surface area contributed by atoms with Gasteiger partial charge in [0.15, 0.2) is 0 Å². The van der Waals surface area contributed by atoms with Crippen molar-refractivity contribution in [3.05, 3.63) is 16.1 Å². The molecule has 1 atom stereocenters. The van der Waals surface area contributed by atoms with E-state index < -0.39 is 0 Å². The Labute approximate surface area is 155 Å². The van der Waals surface area contributed by atoms with Gasteiger partial charge in [0.1, 0.15) is 0 Å². The molecule has 1 aromatic rings. The molecule has 25 heavy (non-hydrogen) atoms. The Bertz CT molecular complexity index is 561. The van der Waals surface area contributed by atoms with Crippen molar-refractivity contribution >= 4 is 17.2 Å². The zero-order valence-corrected chi connectivity index (χ0v) is 16.3. The van der Waals surface area contributed by atoms with Crippen molar-refractivity contribution in [2.24, 2.45) is 11.8 Å². The lowest BCUT2D eigenvalue weighted by atomic mass is 9.90. The molecule has 2 saturated heterocycles. The molecule has 1 unspecified atom stereocenters. The topological polar surface area (TPSA) is 56.7 Å². The third-order valence-corrected chi connectivity index (χ3v) is 6.58. The molecule has 1 aromatic heterocycles. The maximum Gasteiger partial charge on any atom is 0.228 e. The highest BCUT2D eigenvalue weighted by atomic mass is 32.1. The van der Waals surface area contributed by atoms with Gasteiger partial charge in [-0.2, -0.15) is 0 Å². The number of hydrogen-bond donors (Lipinski definition) is 1. The minimum atomic E-state index is -0.258. The largest absolute Gasteiger partial charge is 0.392 e. The number of aliphatic hydroxyl groups is 1. The van der Waals surface area contributed by atoms with E-state index in [9.17, 15) is 9.90 Å². The lowest BCUT2D eigenvalue weighted by Gasteiger charge is -2.37. The van der Waals surface area contributed by atoms with Gasteiger partial charge in [-0.25, -0.2) is 4.98 Å². The van der Waals surface area contributed by atoms with Gasteiger partial charge in [-0.3, -0.25) is 4.79 Å². The summed E-state index contributed by atoms with van der Waals surface area (Å²) in [5, 5.41) is 13.6. The van der Waals surface area contributed by atoms with Crippen molar-refractivity contribution in [3.63, 3.8) is 0 Å². The van der Waals surface area contributed by atoms with Gasteiger partial charge in [-0.05, 0) is 57.5 Å². The second-order valence-electron chi connectivity index (χ2n) is 7.80. The number of β-amino-alcohol motifs (C(OH)–C–C–N with tert-alkyl or cyclic N) is 1. The molecule has 2 fully saturated rings. The van der Waals surface area contributed by atoms with Crippen molar-refractivity contribution in [1.82, 2.24) is 14.8 Å². The van der Waals surface area contributed by atoms with Crippen LogP contribution < -0.4 is 0 Å². The van der Waals surface area contributed by atoms with Crippen molar-refractivity contribution in [2.45, 2.75) is 52.1 Å². The first-order valence-corrected chi connectivity index (χ1v) is 10.5. The maximum atomic E-state index is 12.4. The van der Waals surface area contributed by atoms with Crippen LogP contribution >= 0.6 is 11.3 Å². The summed E-state index contributed by atoms with van der Waals surface area (Å²) >= 11 is 1.59. The van der Waals surface area contributed by atoms with Gasteiger partial charge in [0.2, 0.25) is 5.91 Å². The lowest BCUT2D eigenvalue weighted by molar-refractivity contribution is -0.132. The van der Waals surface area contributed by atoms with Crippen LogP contribution in [0.1, 0.15) is 43.3 Å². The first-order valence-electron chi connectivity index (χ1n) is 9.60. The number of rotatable bonds is 5. The van der Waals surface area contributed by atoms with E-state index in [2.05, 4.69) is 16.8 Å². The van der Waals surface area contributed by atoms with Crippen LogP contribution in [0.25, 0.3) is 0 Å². The molecule has 5 nitrogen and oxygen atoms in total. The van der Waals surface area contributed by atoms with Crippen molar-refractivity contribution in [1.29, 1.82) is 0 Å². The van der Waals surface area contributed by atoms with Crippen LogP contribution in [-0.2, 0) is 11.2 Å². The van der Waals surface area contributed by atoms with E-state index >= 15 is 0 Å². The highest BCUT2D eigenvalue weighted by Gasteiger charge is 2.29. The smallest absolute Gasteiger partial charge is 0.228 e. The number of carbonyl (C=O) groups is 1. The van der Waals surface area contributed by atoms with E-state index in [4.69, 9.17) is 0 Å². The highest BCUT2D eigenvalue weighted by Crippen LogP contribution is 2.24. The summed E-state index contributed by atoms with van der Waals surface area (Å²) in [4.78, 5) is 21.2. The van der Waals surface area contributed by atoms with E-state index in [1.807, 2.05) is 17.2 Å². The molecule has 3 rings (SSSR count). The van der Waals surface area contributed by atoms with Crippen LogP contribution in [0, 0.1) is 18.8 Å². The van der Waals surface area contributed by atoms with Crippen LogP contribution in [-0.4, -0.2) is 64.6 Å². The Kier molecular flexibility index (Phi) is 6.47. The number of piperidine rings is 2. The fourth-order valence-corrected chi connectivity index (χ4v) is 4.56. The van der Waals surface area contributed by atoms with Crippen molar-refractivity contribution < 1.29 is 9.90 Å². The number of aryl methyl sites for hydroxylation is 1. The predicted octanol–water partition coefficient (Wildman–Crippen LogP) is 2.33. The highest BCUT2D eigenvalue weighted by molar-refractivity contribution is 7.09. The molecule has 140 valence electrons. The third-order valence-electron chi connectivity index (χ3n) is 5.76. The van der Waals surface area contributed by atoms with Crippen LogP contribution in [0.2, 0.25) is 0 Å². The van der Waals surface area contributed by atoms with Crippen LogP contribution in [0.3, 0.4) is 0 Å². The number of amides is 1. The third kappa shape index (κ3) is 5.25. The fraction of sp³-hybridized carbons (Fsp3) is 0.789. The normalized spacial score (nSPS) is 22.3. The molecule has 0 aromatic carbocycles. The van der Waals surface area contributed by atoms with E-state index in [0.29, 0.717) is 12.3 Å². The minimum absolute atomic E-state index is 0.170. The van der Waals surface area contributed by atoms with Crippen LogP contribution in [0.4, 0.5) is 0 Å². The number of carbonyl (C=O) groups excluding carboxylic acids is 1. The summed E-state index contributed by atoms with van der Waals surface area (Å²) in [6.07, 6.45) is 4.46. The monoisotopic (exact) mass is 365 g/mol. The van der Waals surface area contributed by atoms with E-state index in [1.54, 1.807) is 11.3 Å². The van der Waals surface area contributed by atoms with E-state index in [0.717, 1.165) is 62.2 Å². The number of nitrogens with zero attached hydrogens (tertiary/aromatic N) is 3. The minimum Gasteiger partial charge on any atom is -0.392 e. The molecule has 2 aliphatic rings. The first kappa shape index (κ1) is 18.8. The van der Waals surface area contributed by atoms with E-state index in [1.165, 1.54) is 12.8 Å². The molecular weight excluding hydrogens is 334 g/mol. The molecular formula is C19H31N3O2S. The average Bonchev–Trinajstić information content (AvgIpc) is 3.02. The lowest BCUT2D eigenvalue weighted by Crippen LogP contribution is -2.46. The molecule has 0 spiro atoms. The van der Waals surface area contributed by atoms with Crippen LogP contribution in [0.15, 0.2) is 5.38 Å². The fourth-order valence-electron chi connectivity index (χ4n) is 3.95. The molecule has 0 radical (unpaired) electrons. The van der Waals surface area contributed by atoms with Gasteiger partial charge in [-0.1, -0.05) is 6.92 Å². The quantitative estimate of drug-likeness (QED) is 0.870. The average molecular weight is 366 g/mol. The van der Waals surface area contributed by atoms with Crippen LogP contribution in [0.5, 0.6) is 0 Å². The van der Waals surface area contributed by atoms with Gasteiger partial charge < -0.3 is 14.9 Å². The Morgan fingerprint density at radius 1 is 1.28 bits per heavy atom. The number of aliphatic hydroxyl groups excluding tert-OH is 1. The summed E-state index contributed by atoms with van der Waals surface area (Å²) in [6.45, 7) is 8.83. The number of thiazole rings is 1. The Morgan fingerprint density at radius 3 is 2.56 bits per heavy atom. The molecule has 0 saturated carbocycles. The maximum absolute atomic E-state index is 12.4. The SMILES string of the molecule is Cc1nc(CC(=O)N2CCC(C(O)CN3CCC(C)CC3)CC2)cs1. The number of aromatic nitrogens is 1. The number of hydrogen-bond acceptors (Lipinski definition) is 5. The molecule has 1 amide bonds. The van der Waals surface area contributed by atoms with Gasteiger partial charge in [0, 0.05) is 25.0 Å². The molecule has 1 N–H and O–H groups in total. The van der Waals surface area contributed by atoms with Crippen molar-refractivity contribution in [3.8, 4) is 0 Å². The molecule has 2 aliphatic heterocycles. The number of likely N-dealkylation sites (tertiary alicyclic amines) is 2. The van der Waals surface area contributed by atoms with Gasteiger partial charge in [0.25, 0.3) is 0 Å². The summed E-state index contributed by atoms with van der Waals surface area (Å²) in [5.74, 6) is 1.32. The molecule has 3 heterocycles. The second-order valence-corrected chi connectivity index (χ2v) is 8.87. The second kappa shape index (κ2) is 8.60. The Hall–Kier alpha value is -0.980. The van der Waals surface area contributed by atoms with E-state index in [-0.39, 0.29) is 12.0 Å². The molecule has 6 heteroatoms.